The second-order valence-electron chi connectivity index (χ2n) is 7.10. The van der Waals surface area contributed by atoms with Crippen molar-refractivity contribution in [3.8, 4) is 0 Å². The van der Waals surface area contributed by atoms with E-state index in [1.807, 2.05) is 35.9 Å². The molecule has 0 spiro atoms. The first-order valence-corrected chi connectivity index (χ1v) is 10.5. The Balaban J connectivity index is 1.63. The molecule has 0 aliphatic carbocycles. The molecule has 0 aliphatic rings. The lowest BCUT2D eigenvalue weighted by Gasteiger charge is -2.20. The number of thiazole rings is 1. The molecule has 4 aromatic rings. The molecule has 0 fully saturated rings. The molecule has 160 valence electrons. The minimum atomic E-state index is -4.45. The summed E-state index contributed by atoms with van der Waals surface area (Å²) in [6.07, 6.45) is 1.40. The number of anilines is 1. The fraction of sp³-hybridized carbons (Fsp3) is 0.227. The third-order valence-corrected chi connectivity index (χ3v) is 5.95. The maximum Gasteiger partial charge on any atom is 0.416 e. The van der Waals surface area contributed by atoms with E-state index in [0.29, 0.717) is 24.6 Å². The van der Waals surface area contributed by atoms with E-state index >= 15 is 0 Å². The number of amides is 1. The smallest absolute Gasteiger partial charge is 0.337 e. The monoisotopic (exact) mass is 444 g/mol. The number of aromatic nitrogens is 3. The molecule has 0 bridgehead atoms. The Hall–Kier alpha value is -3.20. The molecule has 0 unspecified atom stereocenters. The van der Waals surface area contributed by atoms with Crippen LogP contribution in [0.15, 0.2) is 61.2 Å². The Morgan fingerprint density at radius 2 is 1.94 bits per heavy atom. The molecule has 0 aliphatic heterocycles. The Bertz CT molecular complexity index is 1180. The van der Waals surface area contributed by atoms with Gasteiger partial charge in [-0.15, -0.1) is 0 Å². The Morgan fingerprint density at radius 3 is 2.58 bits per heavy atom. The summed E-state index contributed by atoms with van der Waals surface area (Å²) in [5.74, 6) is -0.379. The molecule has 0 saturated heterocycles. The van der Waals surface area contributed by atoms with Crippen LogP contribution in [0.1, 0.15) is 27.9 Å². The number of imidazole rings is 1. The second-order valence-corrected chi connectivity index (χ2v) is 8.11. The van der Waals surface area contributed by atoms with Gasteiger partial charge in [-0.25, -0.2) is 9.97 Å². The number of hydrogen-bond donors (Lipinski definition) is 0. The number of carbonyl (C=O) groups is 1. The van der Waals surface area contributed by atoms with Gasteiger partial charge < -0.3 is 4.57 Å². The largest absolute Gasteiger partial charge is 0.416 e. The van der Waals surface area contributed by atoms with E-state index in [4.69, 9.17) is 0 Å². The molecule has 9 heteroatoms. The zero-order chi connectivity index (χ0) is 22.0. The Morgan fingerprint density at radius 1 is 1.16 bits per heavy atom. The molecule has 0 N–H and O–H groups in total. The van der Waals surface area contributed by atoms with E-state index in [2.05, 4.69) is 9.97 Å². The van der Waals surface area contributed by atoms with E-state index in [1.54, 1.807) is 17.4 Å². The molecule has 4 rings (SSSR count). The van der Waals surface area contributed by atoms with Crippen LogP contribution in [-0.2, 0) is 12.7 Å². The zero-order valence-corrected chi connectivity index (χ0v) is 17.5. The maximum atomic E-state index is 13.3. The molecular weight excluding hydrogens is 425 g/mol. The summed E-state index contributed by atoms with van der Waals surface area (Å²) in [4.78, 5) is 23.5. The summed E-state index contributed by atoms with van der Waals surface area (Å²) in [5.41, 5.74) is 1.22. The first-order chi connectivity index (χ1) is 14.8. The summed E-state index contributed by atoms with van der Waals surface area (Å²) in [5, 5.41) is 0.528. The molecule has 2 aromatic heterocycles. The highest BCUT2D eigenvalue weighted by atomic mass is 32.1. The molecule has 31 heavy (non-hydrogen) atoms. The Labute approximate surface area is 180 Å². The maximum absolute atomic E-state index is 13.3. The third-order valence-electron chi connectivity index (χ3n) is 4.90. The van der Waals surface area contributed by atoms with Crippen LogP contribution in [0.2, 0.25) is 0 Å². The van der Waals surface area contributed by atoms with Gasteiger partial charge in [0.25, 0.3) is 5.91 Å². The predicted octanol–water partition coefficient (Wildman–Crippen LogP) is 5.56. The van der Waals surface area contributed by atoms with Crippen LogP contribution < -0.4 is 4.90 Å². The normalized spacial score (nSPS) is 11.7. The fourth-order valence-electron chi connectivity index (χ4n) is 3.26. The third kappa shape index (κ3) is 4.61. The van der Waals surface area contributed by atoms with Crippen molar-refractivity contribution in [3.05, 3.63) is 77.9 Å². The van der Waals surface area contributed by atoms with Crippen molar-refractivity contribution in [2.75, 3.05) is 11.4 Å². The second kappa shape index (κ2) is 8.50. The van der Waals surface area contributed by atoms with E-state index in [1.165, 1.54) is 23.5 Å². The van der Waals surface area contributed by atoms with Gasteiger partial charge in [0, 0.05) is 31.0 Å². The quantitative estimate of drug-likeness (QED) is 0.391. The van der Waals surface area contributed by atoms with Crippen molar-refractivity contribution in [1.29, 1.82) is 0 Å². The van der Waals surface area contributed by atoms with Gasteiger partial charge in [0.15, 0.2) is 5.13 Å². The first kappa shape index (κ1) is 21.0. The van der Waals surface area contributed by atoms with Crippen molar-refractivity contribution in [1.82, 2.24) is 14.5 Å². The van der Waals surface area contributed by atoms with Gasteiger partial charge in [0.2, 0.25) is 0 Å². The average Bonchev–Trinajstić information content (AvgIpc) is 3.41. The molecule has 0 saturated carbocycles. The lowest BCUT2D eigenvalue weighted by molar-refractivity contribution is -0.137. The topological polar surface area (TPSA) is 51.0 Å². The van der Waals surface area contributed by atoms with Crippen LogP contribution in [0, 0.1) is 6.92 Å². The predicted molar refractivity (Wildman–Crippen MR) is 114 cm³/mol. The molecule has 0 radical (unpaired) electrons. The highest BCUT2D eigenvalue weighted by Gasteiger charge is 2.30. The van der Waals surface area contributed by atoms with Gasteiger partial charge in [-0.2, -0.15) is 13.2 Å². The molecule has 1 amide bonds. The van der Waals surface area contributed by atoms with Crippen molar-refractivity contribution in [3.63, 3.8) is 0 Å². The number of para-hydroxylation sites is 1. The van der Waals surface area contributed by atoms with Crippen molar-refractivity contribution in [2.45, 2.75) is 26.1 Å². The number of hydrogen-bond acceptors (Lipinski definition) is 4. The van der Waals surface area contributed by atoms with Crippen LogP contribution in [0.5, 0.6) is 0 Å². The van der Waals surface area contributed by atoms with Gasteiger partial charge in [-0.1, -0.05) is 23.5 Å². The van der Waals surface area contributed by atoms with E-state index in [-0.39, 0.29) is 11.5 Å². The van der Waals surface area contributed by atoms with Crippen molar-refractivity contribution in [2.24, 2.45) is 0 Å². The average molecular weight is 444 g/mol. The number of alkyl halides is 3. The van der Waals surface area contributed by atoms with E-state index in [0.717, 1.165) is 27.9 Å². The van der Waals surface area contributed by atoms with Crippen LogP contribution in [0.25, 0.3) is 10.2 Å². The number of aryl methyl sites for hydroxylation is 2. The highest BCUT2D eigenvalue weighted by Crippen LogP contribution is 2.32. The van der Waals surface area contributed by atoms with Gasteiger partial charge >= 0.3 is 6.18 Å². The lowest BCUT2D eigenvalue weighted by Crippen LogP contribution is -2.32. The van der Waals surface area contributed by atoms with E-state index < -0.39 is 11.7 Å². The number of halogens is 3. The summed E-state index contributed by atoms with van der Waals surface area (Å²) >= 11 is 1.39. The fourth-order valence-corrected chi connectivity index (χ4v) is 4.33. The zero-order valence-electron chi connectivity index (χ0n) is 16.6. The standard InChI is InChI=1S/C22H19F3N4OS/c1-15-4-2-5-18-19(15)27-21(31-18)29(12-3-11-28-13-10-26-14-28)20(30)16-6-8-17(9-7-16)22(23,24)25/h2,4-10,13-14H,3,11-12H2,1H3. The molecular formula is C22H19F3N4OS. The minimum Gasteiger partial charge on any atom is -0.337 e. The first-order valence-electron chi connectivity index (χ1n) is 9.64. The molecule has 5 nitrogen and oxygen atoms in total. The van der Waals surface area contributed by atoms with Gasteiger partial charge in [-0.3, -0.25) is 9.69 Å². The molecule has 0 atom stereocenters. The van der Waals surface area contributed by atoms with Gasteiger partial charge in [0.05, 0.1) is 22.1 Å². The van der Waals surface area contributed by atoms with Crippen LogP contribution in [0.4, 0.5) is 18.3 Å². The summed E-state index contributed by atoms with van der Waals surface area (Å²) in [6.45, 7) is 2.98. The van der Waals surface area contributed by atoms with E-state index in [9.17, 15) is 18.0 Å². The van der Waals surface area contributed by atoms with Crippen molar-refractivity contribution >= 4 is 32.6 Å². The lowest BCUT2D eigenvalue weighted by atomic mass is 10.1. The van der Waals surface area contributed by atoms with Crippen LogP contribution in [0.3, 0.4) is 0 Å². The number of nitrogens with zero attached hydrogens (tertiary/aromatic N) is 4. The highest BCUT2D eigenvalue weighted by molar-refractivity contribution is 7.22. The molecule has 2 heterocycles. The summed E-state index contributed by atoms with van der Waals surface area (Å²) < 4.78 is 41.5. The van der Waals surface area contributed by atoms with Crippen LogP contribution in [-0.4, -0.2) is 27.0 Å². The van der Waals surface area contributed by atoms with Gasteiger partial charge in [0.1, 0.15) is 0 Å². The number of fused-ring (bicyclic) bond motifs is 1. The summed E-state index contributed by atoms with van der Waals surface area (Å²) in [7, 11) is 0. The number of benzene rings is 2. The number of carbonyl (C=O) groups excluding carboxylic acids is 1. The van der Waals surface area contributed by atoms with Crippen LogP contribution >= 0.6 is 11.3 Å². The molecule has 2 aromatic carbocycles. The van der Waals surface area contributed by atoms with Gasteiger partial charge in [-0.05, 0) is 49.2 Å². The number of rotatable bonds is 6. The SMILES string of the molecule is Cc1cccc2sc(N(CCCn3ccnc3)C(=O)c3ccc(C(F)(F)F)cc3)nc12. The van der Waals surface area contributed by atoms with Crippen molar-refractivity contribution < 1.29 is 18.0 Å². The minimum absolute atomic E-state index is 0.187. The Kier molecular flexibility index (Phi) is 5.77. The summed E-state index contributed by atoms with van der Waals surface area (Å²) in [6, 6.07) is 10.1.